The molecule has 0 radical (unpaired) electrons. The van der Waals surface area contributed by atoms with E-state index >= 15 is 0 Å². The molecule has 42 heavy (non-hydrogen) atoms. The van der Waals surface area contributed by atoms with E-state index in [1.807, 2.05) is 0 Å². The van der Waals surface area contributed by atoms with Crippen LogP contribution in [0.2, 0.25) is 0 Å². The third-order valence-corrected chi connectivity index (χ3v) is 9.15. The molecule has 0 amide bonds. The summed E-state index contributed by atoms with van der Waals surface area (Å²) in [6.07, 6.45) is 30.2. The van der Waals surface area contributed by atoms with Crippen LogP contribution >= 0.6 is 0 Å². The maximum absolute atomic E-state index is 2.40. The van der Waals surface area contributed by atoms with Crippen molar-refractivity contribution in [1.82, 2.24) is 0 Å². The van der Waals surface area contributed by atoms with Crippen LogP contribution in [-0.2, 0) is 12.8 Å². The van der Waals surface area contributed by atoms with Crippen molar-refractivity contribution in [2.24, 2.45) is 0 Å². The zero-order chi connectivity index (χ0) is 29.5. The first kappa shape index (κ1) is 34.2. The van der Waals surface area contributed by atoms with E-state index in [2.05, 4.69) is 86.6 Å². The van der Waals surface area contributed by atoms with Crippen molar-refractivity contribution in [2.75, 3.05) is 0 Å². The number of aryl methyl sites for hydroxylation is 1. The lowest BCUT2D eigenvalue weighted by molar-refractivity contribution is 0.556. The minimum atomic E-state index is 1.17. The van der Waals surface area contributed by atoms with Gasteiger partial charge >= 0.3 is 0 Å². The molecule has 0 unspecified atom stereocenters. The summed E-state index contributed by atoms with van der Waals surface area (Å²) < 4.78 is 0. The van der Waals surface area contributed by atoms with Crippen LogP contribution < -0.4 is 0 Å². The summed E-state index contributed by atoms with van der Waals surface area (Å²) in [5, 5.41) is 0. The summed E-state index contributed by atoms with van der Waals surface area (Å²) >= 11 is 0. The molecule has 0 saturated carbocycles. The van der Waals surface area contributed by atoms with Crippen LogP contribution in [-0.4, -0.2) is 0 Å². The second-order valence-electron chi connectivity index (χ2n) is 12.7. The van der Waals surface area contributed by atoms with E-state index in [0.29, 0.717) is 0 Å². The lowest BCUT2D eigenvalue weighted by atomic mass is 9.86. The van der Waals surface area contributed by atoms with E-state index in [0.717, 1.165) is 0 Å². The highest BCUT2D eigenvalue weighted by molar-refractivity contribution is 5.80. The van der Waals surface area contributed by atoms with Crippen LogP contribution in [0, 0.1) is 0 Å². The first-order valence-electron chi connectivity index (χ1n) is 18.1. The summed E-state index contributed by atoms with van der Waals surface area (Å²) in [4.78, 5) is 0. The normalized spacial score (nSPS) is 11.3. The lowest BCUT2D eigenvalue weighted by Gasteiger charge is -2.18. The van der Waals surface area contributed by atoms with E-state index in [-0.39, 0.29) is 0 Å². The highest BCUT2D eigenvalue weighted by Crippen LogP contribution is 2.36. The van der Waals surface area contributed by atoms with Gasteiger partial charge in [-0.15, -0.1) is 0 Å². The zero-order valence-corrected chi connectivity index (χ0v) is 27.5. The van der Waals surface area contributed by atoms with Crippen LogP contribution in [0.1, 0.15) is 153 Å². The summed E-state index contributed by atoms with van der Waals surface area (Å²) in [6, 6.07) is 27.4. The van der Waals surface area contributed by atoms with Gasteiger partial charge in [-0.25, -0.2) is 0 Å². The second kappa shape index (κ2) is 22.2. The summed E-state index contributed by atoms with van der Waals surface area (Å²) in [7, 11) is 0. The van der Waals surface area contributed by atoms with Gasteiger partial charge in [-0.05, 0) is 59.1 Å². The molecule has 0 heteroatoms. The number of hydrogen-bond donors (Lipinski definition) is 0. The molecule has 0 aromatic heterocycles. The van der Waals surface area contributed by atoms with Gasteiger partial charge in [-0.2, -0.15) is 0 Å². The quantitative estimate of drug-likeness (QED) is 0.0946. The third-order valence-electron chi connectivity index (χ3n) is 9.15. The Bertz CT molecular complexity index is 1060. The SMILES string of the molecule is CCCCCCCCCCCCc1ccccc1-c1cccc(-c2ccccc2)c1CCCCCCCCCCCC. The molecule has 0 spiro atoms. The topological polar surface area (TPSA) is 0 Å². The Balaban J connectivity index is 1.59. The van der Waals surface area contributed by atoms with Gasteiger partial charge in [0.05, 0.1) is 0 Å². The van der Waals surface area contributed by atoms with E-state index < -0.39 is 0 Å². The maximum Gasteiger partial charge on any atom is -0.0143 e. The fourth-order valence-corrected chi connectivity index (χ4v) is 6.59. The Morgan fingerprint density at radius 2 is 0.762 bits per heavy atom. The summed E-state index contributed by atoms with van der Waals surface area (Å²) in [5.41, 5.74) is 8.81. The first-order chi connectivity index (χ1) is 20.8. The van der Waals surface area contributed by atoms with Crippen LogP contribution in [0.15, 0.2) is 72.8 Å². The molecule has 0 saturated heterocycles. The highest BCUT2D eigenvalue weighted by Gasteiger charge is 2.14. The molecule has 0 aliphatic rings. The average molecular weight is 567 g/mol. The standard InChI is InChI=1S/C42H62/c1-3-5-7-9-11-13-15-17-19-22-29-38-32-26-27-33-39(38)42-36-28-35-40(37-30-23-21-24-31-37)41(42)34-25-20-18-16-14-12-10-8-6-4-2/h21,23-24,26-28,30-33,35-36H,3-20,22,25,29,34H2,1-2H3. The van der Waals surface area contributed by atoms with E-state index in [9.17, 15) is 0 Å². The van der Waals surface area contributed by atoms with Crippen molar-refractivity contribution < 1.29 is 0 Å². The van der Waals surface area contributed by atoms with Crippen molar-refractivity contribution >= 4 is 0 Å². The fourth-order valence-electron chi connectivity index (χ4n) is 6.59. The minimum absolute atomic E-state index is 1.17. The van der Waals surface area contributed by atoms with Crippen molar-refractivity contribution in [2.45, 2.75) is 155 Å². The predicted molar refractivity (Wildman–Crippen MR) is 188 cm³/mol. The largest absolute Gasteiger partial charge is 0.0654 e. The fraction of sp³-hybridized carbons (Fsp3) is 0.571. The Morgan fingerprint density at radius 1 is 0.333 bits per heavy atom. The summed E-state index contributed by atoms with van der Waals surface area (Å²) in [6.45, 7) is 4.61. The molecule has 0 aliphatic carbocycles. The molecule has 0 N–H and O–H groups in total. The number of rotatable bonds is 24. The van der Waals surface area contributed by atoms with E-state index in [1.165, 1.54) is 169 Å². The molecule has 0 nitrogen and oxygen atoms in total. The van der Waals surface area contributed by atoms with Crippen molar-refractivity contribution in [3.05, 3.63) is 83.9 Å². The van der Waals surface area contributed by atoms with Gasteiger partial charge in [0.25, 0.3) is 0 Å². The zero-order valence-electron chi connectivity index (χ0n) is 27.5. The van der Waals surface area contributed by atoms with Gasteiger partial charge in [0.1, 0.15) is 0 Å². The number of benzene rings is 3. The molecule has 230 valence electrons. The molecule has 0 bridgehead atoms. The first-order valence-corrected chi connectivity index (χ1v) is 18.1. The van der Waals surface area contributed by atoms with Crippen molar-refractivity contribution in [3.63, 3.8) is 0 Å². The Kier molecular flexibility index (Phi) is 18.1. The van der Waals surface area contributed by atoms with Gasteiger partial charge in [-0.1, -0.05) is 202 Å². The molecule has 3 aromatic carbocycles. The Hall–Kier alpha value is -2.34. The average Bonchev–Trinajstić information content (AvgIpc) is 3.03. The van der Waals surface area contributed by atoms with Gasteiger partial charge in [0.15, 0.2) is 0 Å². The van der Waals surface area contributed by atoms with Crippen LogP contribution in [0.3, 0.4) is 0 Å². The maximum atomic E-state index is 2.40. The molecule has 0 heterocycles. The minimum Gasteiger partial charge on any atom is -0.0654 e. The molecular formula is C42H62. The molecule has 3 rings (SSSR count). The molecular weight excluding hydrogens is 504 g/mol. The molecule has 3 aromatic rings. The van der Waals surface area contributed by atoms with Gasteiger partial charge < -0.3 is 0 Å². The van der Waals surface area contributed by atoms with Crippen molar-refractivity contribution in [1.29, 1.82) is 0 Å². The monoisotopic (exact) mass is 566 g/mol. The van der Waals surface area contributed by atoms with E-state index in [1.54, 1.807) is 5.56 Å². The van der Waals surface area contributed by atoms with Crippen LogP contribution in [0.4, 0.5) is 0 Å². The van der Waals surface area contributed by atoms with Gasteiger partial charge in [0, 0.05) is 0 Å². The highest BCUT2D eigenvalue weighted by atomic mass is 14.2. The van der Waals surface area contributed by atoms with Gasteiger partial charge in [-0.3, -0.25) is 0 Å². The van der Waals surface area contributed by atoms with E-state index in [4.69, 9.17) is 0 Å². The van der Waals surface area contributed by atoms with Gasteiger partial charge in [0.2, 0.25) is 0 Å². The van der Waals surface area contributed by atoms with Crippen molar-refractivity contribution in [3.8, 4) is 22.3 Å². The molecule has 0 fully saturated rings. The Morgan fingerprint density at radius 3 is 1.33 bits per heavy atom. The number of hydrogen-bond acceptors (Lipinski definition) is 0. The van der Waals surface area contributed by atoms with Crippen LogP contribution in [0.5, 0.6) is 0 Å². The second-order valence-corrected chi connectivity index (χ2v) is 12.7. The number of unbranched alkanes of at least 4 members (excludes halogenated alkanes) is 18. The lowest BCUT2D eigenvalue weighted by Crippen LogP contribution is -1.98. The molecule has 0 atom stereocenters. The Labute approximate surface area is 260 Å². The summed E-state index contributed by atoms with van der Waals surface area (Å²) in [5.74, 6) is 0. The third kappa shape index (κ3) is 12.9. The molecule has 0 aliphatic heterocycles. The predicted octanol–water partition coefficient (Wildman–Crippen LogP) is 13.9. The van der Waals surface area contributed by atoms with Crippen LogP contribution in [0.25, 0.3) is 22.3 Å². The smallest absolute Gasteiger partial charge is 0.0143 e.